The highest BCUT2D eigenvalue weighted by Crippen LogP contribution is 2.42. The molecular weight excluding hydrogens is 568 g/mol. The number of carbonyl (C=O) groups is 1. The highest BCUT2D eigenvalue weighted by Gasteiger charge is 2.36. The molecule has 5 nitrogen and oxygen atoms in total. The van der Waals surface area contributed by atoms with Gasteiger partial charge in [-0.3, -0.25) is 4.98 Å². The molecule has 0 fully saturated rings. The van der Waals surface area contributed by atoms with Crippen molar-refractivity contribution in [3.8, 4) is 0 Å². The molecule has 0 aliphatic heterocycles. The van der Waals surface area contributed by atoms with Gasteiger partial charge in [-0.15, -0.1) is 0 Å². The number of ether oxygens (including phenoxy) is 2. The van der Waals surface area contributed by atoms with Gasteiger partial charge in [0.15, 0.2) is 5.69 Å². The fourth-order valence-electron chi connectivity index (χ4n) is 4.34. The first-order chi connectivity index (χ1) is 18.0. The van der Waals surface area contributed by atoms with Gasteiger partial charge >= 0.3 is 12.1 Å². The van der Waals surface area contributed by atoms with Gasteiger partial charge in [0, 0.05) is 10.4 Å². The molecule has 0 saturated heterocycles. The zero-order valence-corrected chi connectivity index (χ0v) is 22.7. The third-order valence-corrected chi connectivity index (χ3v) is 6.48. The summed E-state index contributed by atoms with van der Waals surface area (Å²) in [5.74, 6) is -1.23. The zero-order chi connectivity index (χ0) is 27.9. The van der Waals surface area contributed by atoms with E-state index >= 15 is 0 Å². The summed E-state index contributed by atoms with van der Waals surface area (Å²) in [6.45, 7) is 5.18. The van der Waals surface area contributed by atoms with E-state index in [0.29, 0.717) is 41.7 Å². The molecule has 0 radical (unpaired) electrons. The van der Waals surface area contributed by atoms with Crippen molar-refractivity contribution in [3.63, 3.8) is 0 Å². The average molecular weight is 597 g/mol. The third-order valence-electron chi connectivity index (χ3n) is 6.17. The number of hydrogen-bond acceptors (Lipinski definition) is 5. The summed E-state index contributed by atoms with van der Waals surface area (Å²) >= 11 is 3.37. The lowest BCUT2D eigenvalue weighted by molar-refractivity contribution is -0.0884. The first kappa shape index (κ1) is 29.7. The molecule has 204 valence electrons. The Balaban J connectivity index is 2.05. The Morgan fingerprint density at radius 2 is 2.03 bits per heavy atom. The summed E-state index contributed by atoms with van der Waals surface area (Å²) < 4.78 is 66.8. The molecule has 10 heteroatoms. The molecule has 1 aromatic rings. The molecule has 2 aliphatic rings. The van der Waals surface area contributed by atoms with Gasteiger partial charge in [0.25, 0.3) is 0 Å². The normalized spacial score (nSPS) is 20.0. The molecule has 0 saturated carbocycles. The quantitative estimate of drug-likeness (QED) is 0.127. The maximum atomic E-state index is 14.5. The smallest absolute Gasteiger partial charge is 0.416 e. The minimum atomic E-state index is -4.54. The molecule has 2 atom stereocenters. The maximum Gasteiger partial charge on any atom is 0.416 e. The topological polar surface area (TPSA) is 61.3 Å². The predicted octanol–water partition coefficient (Wildman–Crippen LogP) is 7.54. The Morgan fingerprint density at radius 1 is 1.29 bits per heavy atom. The highest BCUT2D eigenvalue weighted by atomic mass is 79.9. The molecule has 2 unspecified atom stereocenters. The summed E-state index contributed by atoms with van der Waals surface area (Å²) in [4.78, 5) is 20.4. The number of nitrogens with zero attached hydrogens (tertiary/aromatic N) is 2. The summed E-state index contributed by atoms with van der Waals surface area (Å²) in [6, 6.07) is 0. The molecule has 0 bridgehead atoms. The van der Waals surface area contributed by atoms with Crippen LogP contribution in [0.4, 0.5) is 17.6 Å². The number of halogens is 5. The van der Waals surface area contributed by atoms with E-state index in [1.807, 2.05) is 6.92 Å². The fourth-order valence-corrected chi connectivity index (χ4v) is 4.50. The number of carbonyl (C=O) groups excluding carboxylic acids is 1. The summed E-state index contributed by atoms with van der Waals surface area (Å²) in [6.07, 6.45) is 6.29. The number of allylic oxidation sites excluding steroid dienone is 7. The molecule has 0 amide bonds. The molecule has 1 heterocycles. The second kappa shape index (κ2) is 13.3. The van der Waals surface area contributed by atoms with E-state index < -0.39 is 29.6 Å². The molecule has 2 aliphatic carbocycles. The van der Waals surface area contributed by atoms with Crippen molar-refractivity contribution in [1.82, 2.24) is 9.97 Å². The van der Waals surface area contributed by atoms with Crippen LogP contribution >= 0.6 is 15.9 Å². The Kier molecular flexibility index (Phi) is 10.4. The Bertz CT molecular complexity index is 1210. The van der Waals surface area contributed by atoms with Crippen LogP contribution in [0.25, 0.3) is 5.57 Å². The van der Waals surface area contributed by atoms with E-state index in [1.165, 1.54) is 19.5 Å². The van der Waals surface area contributed by atoms with Gasteiger partial charge in [-0.25, -0.2) is 14.2 Å². The lowest BCUT2D eigenvalue weighted by Gasteiger charge is -2.23. The van der Waals surface area contributed by atoms with Crippen LogP contribution in [0.1, 0.15) is 55.2 Å². The summed E-state index contributed by atoms with van der Waals surface area (Å²) in [5.41, 5.74) is 1.62. The number of alkyl halides is 4. The van der Waals surface area contributed by atoms with E-state index in [9.17, 15) is 22.4 Å². The summed E-state index contributed by atoms with van der Waals surface area (Å²) in [7, 11) is 1.23. The highest BCUT2D eigenvalue weighted by molar-refractivity contribution is 9.09. The van der Waals surface area contributed by atoms with Crippen LogP contribution in [0.2, 0.25) is 0 Å². The largest absolute Gasteiger partial charge is 0.464 e. The van der Waals surface area contributed by atoms with Gasteiger partial charge in [-0.1, -0.05) is 40.7 Å². The lowest BCUT2D eigenvalue weighted by Crippen LogP contribution is -2.19. The van der Waals surface area contributed by atoms with Gasteiger partial charge in [-0.2, -0.15) is 13.2 Å². The minimum absolute atomic E-state index is 0.00441. The van der Waals surface area contributed by atoms with Gasteiger partial charge < -0.3 is 9.47 Å². The number of aromatic nitrogens is 2. The number of methoxy groups -OCH3 is 1. The Morgan fingerprint density at radius 3 is 2.68 bits per heavy atom. The number of hydrogen-bond donors (Lipinski definition) is 0. The molecule has 0 spiro atoms. The number of esters is 1. The van der Waals surface area contributed by atoms with Crippen molar-refractivity contribution in [2.45, 2.75) is 56.1 Å². The van der Waals surface area contributed by atoms with Gasteiger partial charge in [0.05, 0.1) is 43.5 Å². The predicted molar refractivity (Wildman–Crippen MR) is 141 cm³/mol. The molecule has 38 heavy (non-hydrogen) atoms. The van der Waals surface area contributed by atoms with E-state index in [2.05, 4.69) is 32.5 Å². The maximum absolute atomic E-state index is 14.5. The Hall–Kier alpha value is -2.85. The van der Waals surface area contributed by atoms with Crippen LogP contribution < -0.4 is 0 Å². The first-order valence-corrected chi connectivity index (χ1v) is 13.0. The monoisotopic (exact) mass is 596 g/mol. The van der Waals surface area contributed by atoms with Crippen molar-refractivity contribution >= 4 is 27.5 Å². The van der Waals surface area contributed by atoms with Crippen LogP contribution in [0, 0.1) is 0 Å². The van der Waals surface area contributed by atoms with Crippen LogP contribution in [0.15, 0.2) is 77.5 Å². The van der Waals surface area contributed by atoms with E-state index in [-0.39, 0.29) is 35.5 Å². The minimum Gasteiger partial charge on any atom is -0.464 e. The third kappa shape index (κ3) is 7.60. The molecule has 0 aromatic carbocycles. The molecule has 3 rings (SSSR count). The van der Waals surface area contributed by atoms with Crippen LogP contribution in [0.3, 0.4) is 0 Å². The van der Waals surface area contributed by atoms with Crippen LogP contribution in [-0.2, 0) is 9.47 Å². The first-order valence-electron chi connectivity index (χ1n) is 12.1. The lowest BCUT2D eigenvalue weighted by atomic mass is 9.93. The van der Waals surface area contributed by atoms with E-state index in [0.717, 1.165) is 18.2 Å². The standard InChI is InChI=1S/C28H29BrF4N2O3/c1-4-23(30)18(12-11-17(2)29)16-38-26-10-5-7-19(28(31,32)33)13-22(26)20-8-6-9-21(20)24-14-34-15-25(35-24)27(36)37-3/h4,7,11-15,17,26H,1,5-6,8-10,16H2,2-3H3/b12-11-,23-18-. The second-order valence-electron chi connectivity index (χ2n) is 8.84. The van der Waals surface area contributed by atoms with Crippen molar-refractivity contribution in [3.05, 3.63) is 88.9 Å². The summed E-state index contributed by atoms with van der Waals surface area (Å²) in [5, 5.41) is 0. The molecule has 0 N–H and O–H groups in total. The molecule has 1 aromatic heterocycles. The van der Waals surface area contributed by atoms with Crippen molar-refractivity contribution in [2.24, 2.45) is 0 Å². The van der Waals surface area contributed by atoms with E-state index in [4.69, 9.17) is 9.47 Å². The van der Waals surface area contributed by atoms with Crippen LogP contribution in [0.5, 0.6) is 0 Å². The average Bonchev–Trinajstić information content (AvgIpc) is 3.27. The molecular formula is C28H29BrF4N2O3. The van der Waals surface area contributed by atoms with Crippen molar-refractivity contribution < 1.29 is 31.8 Å². The Labute approximate surface area is 227 Å². The van der Waals surface area contributed by atoms with Gasteiger partial charge in [-0.05, 0) is 67.9 Å². The van der Waals surface area contributed by atoms with E-state index in [1.54, 1.807) is 12.2 Å². The van der Waals surface area contributed by atoms with Crippen molar-refractivity contribution in [1.29, 1.82) is 0 Å². The fraction of sp³-hybridized carbons (Fsp3) is 0.393. The SMILES string of the molecule is C=C/C(F)=C(\C=C/C(C)Br)COC1CCC=C(C(F)(F)F)C=C1C1=C(c2cncc(C(=O)OC)n2)CCC1. The van der Waals surface area contributed by atoms with Crippen molar-refractivity contribution in [2.75, 3.05) is 13.7 Å². The number of rotatable bonds is 9. The van der Waals surface area contributed by atoms with Crippen LogP contribution in [-0.4, -0.2) is 46.8 Å². The second-order valence-corrected chi connectivity index (χ2v) is 10.3. The zero-order valence-electron chi connectivity index (χ0n) is 21.2. The van der Waals surface area contributed by atoms with Gasteiger partial charge in [0.1, 0.15) is 5.83 Å². The van der Waals surface area contributed by atoms with Gasteiger partial charge in [0.2, 0.25) is 0 Å².